The van der Waals surface area contributed by atoms with Crippen LogP contribution in [0.1, 0.15) is 28.9 Å². The highest BCUT2D eigenvalue weighted by Crippen LogP contribution is 2.35. The first-order valence-electron chi connectivity index (χ1n) is 9.95. The Morgan fingerprint density at radius 1 is 1.06 bits per heavy atom. The molecule has 1 amide bonds. The van der Waals surface area contributed by atoms with Crippen LogP contribution in [0.4, 0.5) is 22.0 Å². The summed E-state index contributed by atoms with van der Waals surface area (Å²) in [5.41, 5.74) is -1.64. The second-order valence-electron chi connectivity index (χ2n) is 7.48. The monoisotopic (exact) mass is 485 g/mol. The van der Waals surface area contributed by atoms with E-state index >= 15 is 0 Å². The van der Waals surface area contributed by atoms with Crippen molar-refractivity contribution in [1.82, 2.24) is 14.7 Å². The van der Waals surface area contributed by atoms with Crippen molar-refractivity contribution in [3.05, 3.63) is 76.6 Å². The molecule has 0 aliphatic carbocycles. The van der Waals surface area contributed by atoms with Crippen molar-refractivity contribution in [1.29, 1.82) is 0 Å². The number of alkyl halides is 3. The molecular weight excluding hydrogens is 469 g/mol. The van der Waals surface area contributed by atoms with E-state index in [1.54, 1.807) is 0 Å². The van der Waals surface area contributed by atoms with Crippen LogP contribution < -0.4 is 4.74 Å². The Morgan fingerprint density at radius 3 is 2.33 bits per heavy atom. The first-order chi connectivity index (χ1) is 15.6. The summed E-state index contributed by atoms with van der Waals surface area (Å²) in [5.74, 6) is -2.52. The minimum Gasteiger partial charge on any atom is -0.487 e. The lowest BCUT2D eigenvalue weighted by molar-refractivity contribution is -0.143. The van der Waals surface area contributed by atoms with Crippen LogP contribution in [-0.2, 0) is 6.18 Å². The Balaban J connectivity index is 1.50. The Kier molecular flexibility index (Phi) is 6.29. The van der Waals surface area contributed by atoms with Crippen LogP contribution in [0.2, 0.25) is 5.02 Å². The Labute approximate surface area is 190 Å². The van der Waals surface area contributed by atoms with Crippen molar-refractivity contribution >= 4 is 17.5 Å². The highest BCUT2D eigenvalue weighted by Gasteiger charge is 2.42. The average Bonchev–Trinajstić information content (AvgIpc) is 3.22. The average molecular weight is 486 g/mol. The van der Waals surface area contributed by atoms with Gasteiger partial charge in [-0.1, -0.05) is 11.6 Å². The molecule has 3 aromatic rings. The van der Waals surface area contributed by atoms with Gasteiger partial charge >= 0.3 is 6.18 Å². The molecule has 1 aromatic heterocycles. The molecule has 33 heavy (non-hydrogen) atoms. The molecule has 0 saturated carbocycles. The van der Waals surface area contributed by atoms with E-state index in [9.17, 15) is 26.7 Å². The predicted molar refractivity (Wildman–Crippen MR) is 109 cm³/mol. The highest BCUT2D eigenvalue weighted by atomic mass is 35.5. The molecule has 0 radical (unpaired) electrons. The normalized spacial score (nSPS) is 15.0. The van der Waals surface area contributed by atoms with Crippen LogP contribution in [0.15, 0.2) is 48.7 Å². The van der Waals surface area contributed by atoms with Gasteiger partial charge in [-0.3, -0.25) is 4.79 Å². The molecule has 0 bridgehead atoms. The highest BCUT2D eigenvalue weighted by molar-refractivity contribution is 6.30. The SMILES string of the molecule is O=C(c1cnn(-c2ccc(Cl)cc2)c1C(F)(F)F)N1CCC(Oc2ccc(F)cc2F)CC1. The fourth-order valence-corrected chi connectivity index (χ4v) is 3.78. The van der Waals surface area contributed by atoms with Gasteiger partial charge in [-0.05, 0) is 36.4 Å². The zero-order valence-electron chi connectivity index (χ0n) is 17.0. The van der Waals surface area contributed by atoms with Gasteiger partial charge < -0.3 is 9.64 Å². The third kappa shape index (κ3) is 4.95. The number of ether oxygens (including phenoxy) is 1. The number of halogens is 6. The lowest BCUT2D eigenvalue weighted by atomic mass is 10.1. The maximum atomic E-state index is 13.9. The molecule has 0 unspecified atom stereocenters. The van der Waals surface area contributed by atoms with Gasteiger partial charge in [0.2, 0.25) is 0 Å². The molecule has 174 valence electrons. The maximum absolute atomic E-state index is 13.9. The molecule has 1 saturated heterocycles. The van der Waals surface area contributed by atoms with Gasteiger partial charge in [0.25, 0.3) is 5.91 Å². The minimum atomic E-state index is -4.83. The van der Waals surface area contributed by atoms with Gasteiger partial charge in [0, 0.05) is 37.0 Å². The van der Waals surface area contributed by atoms with Crippen LogP contribution >= 0.6 is 11.6 Å². The number of likely N-dealkylation sites (tertiary alicyclic amines) is 1. The first-order valence-corrected chi connectivity index (χ1v) is 10.3. The molecule has 1 fully saturated rings. The topological polar surface area (TPSA) is 47.4 Å². The Morgan fingerprint density at radius 2 is 1.73 bits per heavy atom. The van der Waals surface area contributed by atoms with Crippen molar-refractivity contribution in [3.8, 4) is 11.4 Å². The van der Waals surface area contributed by atoms with Gasteiger partial charge in [0.05, 0.1) is 17.4 Å². The van der Waals surface area contributed by atoms with E-state index in [0.29, 0.717) is 15.8 Å². The van der Waals surface area contributed by atoms with Gasteiger partial charge in [-0.25, -0.2) is 13.5 Å². The third-order valence-corrected chi connectivity index (χ3v) is 5.51. The van der Waals surface area contributed by atoms with Crippen molar-refractivity contribution in [2.45, 2.75) is 25.1 Å². The van der Waals surface area contributed by atoms with Crippen molar-refractivity contribution in [2.24, 2.45) is 0 Å². The number of amides is 1. The number of carbonyl (C=O) groups excluding carboxylic acids is 1. The summed E-state index contributed by atoms with van der Waals surface area (Å²) in [7, 11) is 0. The van der Waals surface area contributed by atoms with E-state index in [2.05, 4.69) is 5.10 Å². The molecular formula is C22H17ClF5N3O2. The second kappa shape index (κ2) is 9.01. The summed E-state index contributed by atoms with van der Waals surface area (Å²) in [6.07, 6.45) is -3.85. The predicted octanol–water partition coefficient (Wildman–Crippen LogP) is 5.51. The molecule has 1 aliphatic rings. The van der Waals surface area contributed by atoms with Crippen LogP contribution in [-0.4, -0.2) is 39.8 Å². The summed E-state index contributed by atoms with van der Waals surface area (Å²) in [6.45, 7) is 0.214. The Hall–Kier alpha value is -3.14. The number of hydrogen-bond acceptors (Lipinski definition) is 3. The van der Waals surface area contributed by atoms with E-state index in [1.165, 1.54) is 35.2 Å². The van der Waals surface area contributed by atoms with Gasteiger partial charge in [-0.2, -0.15) is 18.3 Å². The first kappa shape index (κ1) is 23.0. The van der Waals surface area contributed by atoms with Gasteiger partial charge in [0.15, 0.2) is 17.3 Å². The molecule has 0 atom stereocenters. The van der Waals surface area contributed by atoms with Crippen molar-refractivity contribution in [2.75, 3.05) is 13.1 Å². The van der Waals surface area contributed by atoms with E-state index < -0.39 is 41.1 Å². The van der Waals surface area contributed by atoms with Crippen LogP contribution in [0, 0.1) is 11.6 Å². The molecule has 2 aromatic carbocycles. The van der Waals surface area contributed by atoms with E-state index in [4.69, 9.17) is 16.3 Å². The number of rotatable bonds is 4. The molecule has 5 nitrogen and oxygen atoms in total. The molecule has 4 rings (SSSR count). The maximum Gasteiger partial charge on any atom is 0.434 e. The standard InChI is InChI=1S/C22H17ClF5N3O2/c23-13-1-4-15(5-2-13)31-20(22(26,27)28)17(12-29-31)21(32)30-9-7-16(8-10-30)33-19-6-3-14(24)11-18(19)25/h1-6,11-12,16H,7-10H2. The number of carbonyl (C=O) groups is 1. The van der Waals surface area contributed by atoms with Crippen molar-refractivity contribution in [3.63, 3.8) is 0 Å². The molecule has 0 spiro atoms. The summed E-state index contributed by atoms with van der Waals surface area (Å²) in [6, 6.07) is 8.53. The number of piperidine rings is 1. The third-order valence-electron chi connectivity index (χ3n) is 5.26. The summed E-state index contributed by atoms with van der Waals surface area (Å²) < 4.78 is 74.6. The largest absolute Gasteiger partial charge is 0.487 e. The molecule has 11 heteroatoms. The number of nitrogens with zero attached hydrogens (tertiary/aromatic N) is 3. The van der Waals surface area contributed by atoms with Crippen LogP contribution in [0.3, 0.4) is 0 Å². The zero-order valence-corrected chi connectivity index (χ0v) is 17.7. The minimum absolute atomic E-state index is 0.107. The van der Waals surface area contributed by atoms with Crippen molar-refractivity contribution < 1.29 is 31.5 Å². The van der Waals surface area contributed by atoms with E-state index in [1.807, 2.05) is 0 Å². The summed E-state index contributed by atoms with van der Waals surface area (Å²) in [4.78, 5) is 14.2. The second-order valence-corrected chi connectivity index (χ2v) is 7.91. The lowest BCUT2D eigenvalue weighted by Crippen LogP contribution is -2.42. The van der Waals surface area contributed by atoms with E-state index in [-0.39, 0.29) is 37.4 Å². The fraction of sp³-hybridized carbons (Fsp3) is 0.273. The number of benzene rings is 2. The smallest absolute Gasteiger partial charge is 0.434 e. The van der Waals surface area contributed by atoms with Gasteiger partial charge in [0.1, 0.15) is 11.9 Å². The Bertz CT molecular complexity index is 1160. The number of aromatic nitrogens is 2. The molecule has 1 aliphatic heterocycles. The summed E-state index contributed by atoms with van der Waals surface area (Å²) >= 11 is 5.80. The van der Waals surface area contributed by atoms with Gasteiger partial charge in [-0.15, -0.1) is 0 Å². The van der Waals surface area contributed by atoms with Crippen LogP contribution in [0.5, 0.6) is 5.75 Å². The zero-order chi connectivity index (χ0) is 23.8. The van der Waals surface area contributed by atoms with Crippen LogP contribution in [0.25, 0.3) is 5.69 Å². The van der Waals surface area contributed by atoms with E-state index in [0.717, 1.165) is 12.3 Å². The lowest BCUT2D eigenvalue weighted by Gasteiger charge is -2.32. The fourth-order valence-electron chi connectivity index (χ4n) is 3.65. The quantitative estimate of drug-likeness (QED) is 0.458. The summed E-state index contributed by atoms with van der Waals surface area (Å²) in [5, 5.41) is 4.14. The number of hydrogen-bond donors (Lipinski definition) is 0. The molecule has 0 N–H and O–H groups in total. The molecule has 2 heterocycles.